The van der Waals surface area contributed by atoms with Crippen molar-refractivity contribution >= 4 is 51.0 Å². The van der Waals surface area contributed by atoms with E-state index in [-0.39, 0.29) is 5.41 Å². The summed E-state index contributed by atoms with van der Waals surface area (Å²) in [7, 11) is 2.09. The van der Waals surface area contributed by atoms with Crippen LogP contribution in [0.4, 0.5) is 0 Å². The Balaban J connectivity index is 1.36. The summed E-state index contributed by atoms with van der Waals surface area (Å²) in [5.74, 6) is 1.99. The van der Waals surface area contributed by atoms with Gasteiger partial charge in [0, 0.05) is 37.4 Å². The SMILES string of the molecule is Bc1ccc(-c2nc(-c3ccc(Br)cc3)nc(-c3ccc4c(c3)C(C)(C)c3cccc5c6ccccc6n-4c35)n2)cc1. The molecule has 3 heterocycles. The van der Waals surface area contributed by atoms with Gasteiger partial charge >= 0.3 is 0 Å². The van der Waals surface area contributed by atoms with Gasteiger partial charge in [0.2, 0.25) is 0 Å². The first kappa shape index (κ1) is 25.2. The molecule has 5 aromatic carbocycles. The highest BCUT2D eigenvalue weighted by Crippen LogP contribution is 2.48. The van der Waals surface area contributed by atoms with Crippen LogP contribution >= 0.6 is 15.9 Å². The Labute approximate surface area is 253 Å². The molecule has 0 aliphatic carbocycles. The molecule has 0 fully saturated rings. The molecule has 0 amide bonds. The summed E-state index contributed by atoms with van der Waals surface area (Å²) in [6, 6.07) is 38.6. The molecule has 0 spiro atoms. The van der Waals surface area contributed by atoms with E-state index in [0.717, 1.165) is 21.2 Å². The molecule has 1 aliphatic heterocycles. The van der Waals surface area contributed by atoms with Gasteiger partial charge in [-0.2, -0.15) is 0 Å². The smallest absolute Gasteiger partial charge is 0.164 e. The summed E-state index contributed by atoms with van der Waals surface area (Å²) in [6.45, 7) is 4.65. The first-order valence-electron chi connectivity index (χ1n) is 14.2. The molecule has 0 bridgehead atoms. The van der Waals surface area contributed by atoms with Crippen molar-refractivity contribution in [1.82, 2.24) is 19.5 Å². The molecule has 0 saturated carbocycles. The molecule has 0 saturated heterocycles. The van der Waals surface area contributed by atoms with E-state index < -0.39 is 0 Å². The minimum absolute atomic E-state index is 0.212. The largest absolute Gasteiger partial charge is 0.309 e. The van der Waals surface area contributed by atoms with Crippen molar-refractivity contribution in [2.45, 2.75) is 19.3 Å². The van der Waals surface area contributed by atoms with Crippen LogP contribution in [-0.2, 0) is 5.41 Å². The highest BCUT2D eigenvalue weighted by atomic mass is 79.9. The van der Waals surface area contributed by atoms with Gasteiger partial charge in [-0.25, -0.2) is 15.0 Å². The number of hydrogen-bond donors (Lipinski definition) is 0. The Bertz CT molecular complexity index is 2120. The Hall–Kier alpha value is -4.55. The first-order valence-corrected chi connectivity index (χ1v) is 14.9. The lowest BCUT2D eigenvalue weighted by atomic mass is 9.74. The molecule has 2 aromatic heterocycles. The molecular weight excluding hydrogens is 579 g/mol. The molecular formula is C36H26BBrN4. The fourth-order valence-electron chi connectivity index (χ4n) is 6.35. The van der Waals surface area contributed by atoms with E-state index in [1.807, 2.05) is 24.3 Å². The van der Waals surface area contributed by atoms with Gasteiger partial charge in [0.1, 0.15) is 7.85 Å². The quantitative estimate of drug-likeness (QED) is 0.195. The van der Waals surface area contributed by atoms with Gasteiger partial charge in [-0.05, 0) is 47.5 Å². The first-order chi connectivity index (χ1) is 20.4. The van der Waals surface area contributed by atoms with Gasteiger partial charge in [0.15, 0.2) is 17.5 Å². The molecule has 0 radical (unpaired) electrons. The van der Waals surface area contributed by atoms with Crippen molar-refractivity contribution in [3.63, 3.8) is 0 Å². The average Bonchev–Trinajstić information content (AvgIpc) is 3.35. The van der Waals surface area contributed by atoms with Crippen LogP contribution in [0.15, 0.2) is 114 Å². The Kier molecular flexibility index (Phi) is 5.54. The Morgan fingerprint density at radius 2 is 1.21 bits per heavy atom. The average molecular weight is 605 g/mol. The monoisotopic (exact) mass is 604 g/mol. The maximum atomic E-state index is 5.03. The van der Waals surface area contributed by atoms with Gasteiger partial charge in [-0.15, -0.1) is 0 Å². The molecule has 42 heavy (non-hydrogen) atoms. The van der Waals surface area contributed by atoms with Crippen LogP contribution in [0.2, 0.25) is 0 Å². The van der Waals surface area contributed by atoms with Crippen LogP contribution in [0.3, 0.4) is 0 Å². The lowest BCUT2D eigenvalue weighted by Gasteiger charge is -2.35. The highest BCUT2D eigenvalue weighted by Gasteiger charge is 2.35. The third-order valence-electron chi connectivity index (χ3n) is 8.58. The molecule has 7 aromatic rings. The van der Waals surface area contributed by atoms with Crippen molar-refractivity contribution < 1.29 is 0 Å². The summed E-state index contributed by atoms with van der Waals surface area (Å²) in [5.41, 5.74) is 10.2. The van der Waals surface area contributed by atoms with Gasteiger partial charge in [0.25, 0.3) is 0 Å². The number of halogens is 1. The van der Waals surface area contributed by atoms with Crippen molar-refractivity contribution in [3.05, 3.63) is 125 Å². The van der Waals surface area contributed by atoms with E-state index in [4.69, 9.17) is 15.0 Å². The second-order valence-corrected chi connectivity index (χ2v) is 12.5. The van der Waals surface area contributed by atoms with Crippen LogP contribution in [0, 0.1) is 0 Å². The van der Waals surface area contributed by atoms with Crippen LogP contribution in [0.5, 0.6) is 0 Å². The maximum Gasteiger partial charge on any atom is 0.164 e. The van der Waals surface area contributed by atoms with E-state index in [1.165, 1.54) is 44.1 Å². The van der Waals surface area contributed by atoms with E-state index in [1.54, 1.807) is 0 Å². The molecule has 8 rings (SSSR count). The fraction of sp³-hybridized carbons (Fsp3) is 0.0833. The topological polar surface area (TPSA) is 43.6 Å². The summed E-state index contributed by atoms with van der Waals surface area (Å²) in [5, 5.41) is 2.58. The van der Waals surface area contributed by atoms with Crippen LogP contribution in [0.25, 0.3) is 61.7 Å². The van der Waals surface area contributed by atoms with E-state index >= 15 is 0 Å². The number of nitrogens with zero attached hydrogens (tertiary/aromatic N) is 4. The molecule has 1 aliphatic rings. The summed E-state index contributed by atoms with van der Waals surface area (Å²) >= 11 is 3.55. The number of fused-ring (bicyclic) bond motifs is 5. The van der Waals surface area contributed by atoms with Gasteiger partial charge < -0.3 is 4.57 Å². The third kappa shape index (κ3) is 3.78. The summed E-state index contributed by atoms with van der Waals surface area (Å²) < 4.78 is 3.45. The zero-order chi connectivity index (χ0) is 28.6. The van der Waals surface area contributed by atoms with Crippen LogP contribution in [-0.4, -0.2) is 27.4 Å². The summed E-state index contributed by atoms with van der Waals surface area (Å²) in [4.78, 5) is 15.0. The Morgan fingerprint density at radius 3 is 1.93 bits per heavy atom. The zero-order valence-corrected chi connectivity index (χ0v) is 25.1. The van der Waals surface area contributed by atoms with Crippen molar-refractivity contribution in [3.8, 4) is 39.9 Å². The number of para-hydroxylation sites is 2. The number of hydrogen-bond acceptors (Lipinski definition) is 3. The second-order valence-electron chi connectivity index (χ2n) is 11.6. The van der Waals surface area contributed by atoms with Crippen molar-refractivity contribution in [2.24, 2.45) is 0 Å². The molecule has 200 valence electrons. The molecule has 0 N–H and O–H groups in total. The highest BCUT2D eigenvalue weighted by molar-refractivity contribution is 9.10. The van der Waals surface area contributed by atoms with E-state index in [2.05, 4.69) is 127 Å². The van der Waals surface area contributed by atoms with Crippen molar-refractivity contribution in [1.29, 1.82) is 0 Å². The standard InChI is InChI=1S/C36H26BBrN4/c1-36(2)28-8-5-7-27-26-6-3-4-9-30(26)42(32(27)28)31-19-14-23(20-29(31)36)35-40-33(21-10-15-24(37)16-11-21)39-34(41-35)22-12-17-25(38)18-13-22/h3-20H,37H2,1-2H3. The number of benzene rings is 5. The number of aromatic nitrogens is 4. The molecule has 6 heteroatoms. The lowest BCUT2D eigenvalue weighted by Crippen LogP contribution is -2.26. The predicted molar refractivity (Wildman–Crippen MR) is 178 cm³/mol. The minimum atomic E-state index is -0.212. The molecule has 0 atom stereocenters. The van der Waals surface area contributed by atoms with E-state index in [0.29, 0.717) is 17.5 Å². The second kappa shape index (κ2) is 9.23. The van der Waals surface area contributed by atoms with Crippen LogP contribution < -0.4 is 5.46 Å². The van der Waals surface area contributed by atoms with Crippen LogP contribution in [0.1, 0.15) is 25.0 Å². The van der Waals surface area contributed by atoms with Gasteiger partial charge in [-0.1, -0.05) is 108 Å². The van der Waals surface area contributed by atoms with Gasteiger partial charge in [-0.3, -0.25) is 0 Å². The molecule has 4 nitrogen and oxygen atoms in total. The zero-order valence-electron chi connectivity index (χ0n) is 23.6. The number of rotatable bonds is 3. The maximum absolute atomic E-state index is 5.03. The normalized spacial score (nSPS) is 13.4. The fourth-order valence-corrected chi connectivity index (χ4v) is 6.62. The molecule has 0 unspecified atom stereocenters. The Morgan fingerprint density at radius 1 is 0.619 bits per heavy atom. The minimum Gasteiger partial charge on any atom is -0.309 e. The lowest BCUT2D eigenvalue weighted by molar-refractivity contribution is 0.630. The van der Waals surface area contributed by atoms with Crippen molar-refractivity contribution in [2.75, 3.05) is 0 Å². The third-order valence-corrected chi connectivity index (χ3v) is 9.11. The van der Waals surface area contributed by atoms with E-state index in [9.17, 15) is 0 Å². The van der Waals surface area contributed by atoms with Gasteiger partial charge in [0.05, 0.1) is 16.7 Å². The summed E-state index contributed by atoms with van der Waals surface area (Å²) in [6.07, 6.45) is 0. The predicted octanol–water partition coefficient (Wildman–Crippen LogP) is 7.63.